The fourth-order valence-corrected chi connectivity index (χ4v) is 2.65. The molecule has 0 atom stereocenters. The Kier molecular flexibility index (Phi) is 4.84. The number of nitrogens with one attached hydrogen (secondary N) is 1. The molecule has 1 aromatic carbocycles. The second-order valence-corrected chi connectivity index (χ2v) is 5.17. The summed E-state index contributed by atoms with van der Waals surface area (Å²) in [7, 11) is 3.23. The maximum atomic E-state index is 11.6. The van der Waals surface area contributed by atoms with Gasteiger partial charge in [0.05, 0.1) is 7.11 Å². The van der Waals surface area contributed by atoms with E-state index in [0.717, 1.165) is 38.0 Å². The molecule has 1 heterocycles. The summed E-state index contributed by atoms with van der Waals surface area (Å²) in [5, 5.41) is 12.5. The Morgan fingerprint density at radius 2 is 2.15 bits per heavy atom. The van der Waals surface area contributed by atoms with Gasteiger partial charge < -0.3 is 15.2 Å². The minimum absolute atomic E-state index is 0.139. The highest BCUT2D eigenvalue weighted by Gasteiger charge is 2.24. The third-order valence-electron chi connectivity index (χ3n) is 3.85. The summed E-state index contributed by atoms with van der Waals surface area (Å²) in [6.45, 7) is 2.60. The van der Waals surface area contributed by atoms with Crippen LogP contribution in [-0.2, 0) is 11.3 Å². The molecule has 0 unspecified atom stereocenters. The molecule has 0 aliphatic carbocycles. The van der Waals surface area contributed by atoms with E-state index in [0.29, 0.717) is 5.75 Å². The number of rotatable bonds is 4. The smallest absolute Gasteiger partial charge is 0.222 e. The number of aromatic hydroxyl groups is 1. The van der Waals surface area contributed by atoms with Crippen LogP contribution in [0.1, 0.15) is 18.4 Å². The number of phenols is 1. The number of hydrogen-bond donors (Lipinski definition) is 2. The standard InChI is InChI=1S/C15H22N2O3/c1-16-15(19)12-5-7-17(8-6-12)10-11-3-4-14(20-2)13(18)9-11/h3-4,9,12,18H,5-8,10H2,1-2H3,(H,16,19). The van der Waals surface area contributed by atoms with Gasteiger partial charge in [0.25, 0.3) is 0 Å². The van der Waals surface area contributed by atoms with Gasteiger partial charge in [-0.1, -0.05) is 6.07 Å². The van der Waals surface area contributed by atoms with Crippen LogP contribution >= 0.6 is 0 Å². The van der Waals surface area contributed by atoms with E-state index in [9.17, 15) is 9.90 Å². The zero-order valence-electron chi connectivity index (χ0n) is 12.1. The Labute approximate surface area is 119 Å². The molecular weight excluding hydrogens is 256 g/mol. The minimum Gasteiger partial charge on any atom is -0.504 e. The van der Waals surface area contributed by atoms with Crippen molar-refractivity contribution in [1.29, 1.82) is 0 Å². The molecular formula is C15H22N2O3. The van der Waals surface area contributed by atoms with Crippen molar-refractivity contribution < 1.29 is 14.6 Å². The molecule has 1 saturated heterocycles. The maximum Gasteiger partial charge on any atom is 0.222 e. The molecule has 110 valence electrons. The number of likely N-dealkylation sites (tertiary alicyclic amines) is 1. The van der Waals surface area contributed by atoms with Crippen LogP contribution in [0, 0.1) is 5.92 Å². The van der Waals surface area contributed by atoms with Crippen molar-refractivity contribution in [3.8, 4) is 11.5 Å². The lowest BCUT2D eigenvalue weighted by Crippen LogP contribution is -2.39. The highest BCUT2D eigenvalue weighted by atomic mass is 16.5. The SMILES string of the molecule is CNC(=O)C1CCN(Cc2ccc(OC)c(O)c2)CC1. The van der Waals surface area contributed by atoms with Gasteiger partial charge in [0.1, 0.15) is 0 Å². The number of ether oxygens (including phenoxy) is 1. The van der Waals surface area contributed by atoms with Crippen LogP contribution in [0.25, 0.3) is 0 Å². The Morgan fingerprint density at radius 1 is 1.45 bits per heavy atom. The molecule has 1 amide bonds. The van der Waals surface area contributed by atoms with Crippen LogP contribution in [0.15, 0.2) is 18.2 Å². The van der Waals surface area contributed by atoms with Crippen LogP contribution in [-0.4, -0.2) is 43.2 Å². The van der Waals surface area contributed by atoms with E-state index in [1.807, 2.05) is 6.07 Å². The number of carbonyl (C=O) groups is 1. The zero-order valence-corrected chi connectivity index (χ0v) is 12.1. The summed E-state index contributed by atoms with van der Waals surface area (Å²) >= 11 is 0. The van der Waals surface area contributed by atoms with Crippen molar-refractivity contribution in [1.82, 2.24) is 10.2 Å². The second kappa shape index (κ2) is 6.61. The number of hydrogen-bond acceptors (Lipinski definition) is 4. The average molecular weight is 278 g/mol. The number of benzene rings is 1. The lowest BCUT2D eigenvalue weighted by molar-refractivity contribution is -0.125. The third-order valence-corrected chi connectivity index (χ3v) is 3.85. The topological polar surface area (TPSA) is 61.8 Å². The molecule has 1 aliphatic rings. The van der Waals surface area contributed by atoms with Gasteiger partial charge in [-0.25, -0.2) is 0 Å². The number of phenolic OH excluding ortho intramolecular Hbond substituents is 1. The van der Waals surface area contributed by atoms with Gasteiger partial charge in [-0.2, -0.15) is 0 Å². The Morgan fingerprint density at radius 3 is 2.70 bits per heavy atom. The molecule has 0 radical (unpaired) electrons. The normalized spacial score (nSPS) is 16.9. The lowest BCUT2D eigenvalue weighted by Gasteiger charge is -2.31. The second-order valence-electron chi connectivity index (χ2n) is 5.17. The predicted molar refractivity (Wildman–Crippen MR) is 76.7 cm³/mol. The van der Waals surface area contributed by atoms with Gasteiger partial charge in [-0.3, -0.25) is 9.69 Å². The fourth-order valence-electron chi connectivity index (χ4n) is 2.65. The summed E-state index contributed by atoms with van der Waals surface area (Å²) < 4.78 is 5.03. The molecule has 0 saturated carbocycles. The van der Waals surface area contributed by atoms with Crippen molar-refractivity contribution in [2.45, 2.75) is 19.4 Å². The van der Waals surface area contributed by atoms with Crippen molar-refractivity contribution in [2.75, 3.05) is 27.2 Å². The van der Waals surface area contributed by atoms with Gasteiger partial charge in [0.2, 0.25) is 5.91 Å². The summed E-state index contributed by atoms with van der Waals surface area (Å²) in [5.74, 6) is 0.949. The summed E-state index contributed by atoms with van der Waals surface area (Å²) in [5.41, 5.74) is 1.06. The molecule has 0 aromatic heterocycles. The van der Waals surface area contributed by atoms with Crippen LogP contribution in [0.2, 0.25) is 0 Å². The lowest BCUT2D eigenvalue weighted by atomic mass is 9.95. The molecule has 5 nitrogen and oxygen atoms in total. The predicted octanol–water partition coefficient (Wildman–Crippen LogP) is 1.36. The number of carbonyl (C=O) groups excluding carboxylic acids is 1. The first-order valence-corrected chi connectivity index (χ1v) is 6.94. The van der Waals surface area contributed by atoms with Crippen LogP contribution < -0.4 is 10.1 Å². The quantitative estimate of drug-likeness (QED) is 0.873. The molecule has 20 heavy (non-hydrogen) atoms. The highest BCUT2D eigenvalue weighted by Crippen LogP contribution is 2.27. The first-order chi connectivity index (χ1) is 9.63. The minimum atomic E-state index is 0.139. The Hall–Kier alpha value is -1.75. The van der Waals surface area contributed by atoms with E-state index < -0.39 is 0 Å². The van der Waals surface area contributed by atoms with E-state index >= 15 is 0 Å². The molecule has 2 rings (SSSR count). The monoisotopic (exact) mass is 278 g/mol. The van der Waals surface area contributed by atoms with Crippen LogP contribution in [0.5, 0.6) is 11.5 Å². The molecule has 1 fully saturated rings. The van der Waals surface area contributed by atoms with Gasteiger partial charge in [0.15, 0.2) is 11.5 Å². The van der Waals surface area contributed by atoms with Gasteiger partial charge in [0, 0.05) is 19.5 Å². The summed E-state index contributed by atoms with van der Waals surface area (Å²) in [6, 6.07) is 5.48. The highest BCUT2D eigenvalue weighted by molar-refractivity contribution is 5.78. The number of methoxy groups -OCH3 is 1. The third kappa shape index (κ3) is 3.42. The summed E-state index contributed by atoms with van der Waals surface area (Å²) in [6.07, 6.45) is 1.78. The van der Waals surface area contributed by atoms with Crippen molar-refractivity contribution in [3.05, 3.63) is 23.8 Å². The summed E-state index contributed by atoms with van der Waals surface area (Å²) in [4.78, 5) is 13.9. The first kappa shape index (κ1) is 14.7. The first-order valence-electron chi connectivity index (χ1n) is 6.94. The van der Waals surface area contributed by atoms with Crippen LogP contribution in [0.4, 0.5) is 0 Å². The molecule has 1 aromatic rings. The maximum absolute atomic E-state index is 11.6. The molecule has 0 bridgehead atoms. The van der Waals surface area contributed by atoms with E-state index in [4.69, 9.17) is 4.74 Å². The van der Waals surface area contributed by atoms with Crippen molar-refractivity contribution in [2.24, 2.45) is 5.92 Å². The van der Waals surface area contributed by atoms with Crippen molar-refractivity contribution in [3.63, 3.8) is 0 Å². The molecule has 2 N–H and O–H groups in total. The van der Waals surface area contributed by atoms with Crippen LogP contribution in [0.3, 0.4) is 0 Å². The van der Waals surface area contributed by atoms with Gasteiger partial charge in [-0.05, 0) is 43.6 Å². The fraction of sp³-hybridized carbons (Fsp3) is 0.533. The largest absolute Gasteiger partial charge is 0.504 e. The molecule has 1 aliphatic heterocycles. The average Bonchev–Trinajstić information content (AvgIpc) is 2.47. The van der Waals surface area contributed by atoms with E-state index in [-0.39, 0.29) is 17.6 Å². The Balaban J connectivity index is 1.89. The van der Waals surface area contributed by atoms with Gasteiger partial charge in [-0.15, -0.1) is 0 Å². The number of nitrogens with zero attached hydrogens (tertiary/aromatic N) is 1. The molecule has 5 heteroatoms. The Bertz CT molecular complexity index is 468. The molecule has 0 spiro atoms. The number of amides is 1. The zero-order chi connectivity index (χ0) is 14.5. The van der Waals surface area contributed by atoms with E-state index in [2.05, 4.69) is 10.2 Å². The van der Waals surface area contributed by atoms with E-state index in [1.165, 1.54) is 7.11 Å². The van der Waals surface area contributed by atoms with Crippen molar-refractivity contribution >= 4 is 5.91 Å². The van der Waals surface area contributed by atoms with Gasteiger partial charge >= 0.3 is 0 Å². The number of piperidine rings is 1. The van der Waals surface area contributed by atoms with E-state index in [1.54, 1.807) is 19.2 Å².